The summed E-state index contributed by atoms with van der Waals surface area (Å²) in [6.07, 6.45) is 0. The lowest BCUT2D eigenvalue weighted by Gasteiger charge is -2.09. The second-order valence-electron chi connectivity index (χ2n) is 5.15. The van der Waals surface area contributed by atoms with Crippen molar-refractivity contribution < 1.29 is 0 Å². The average Bonchev–Trinajstić information content (AvgIpc) is 3.05. The summed E-state index contributed by atoms with van der Waals surface area (Å²) in [5.74, 6) is 0. The molecule has 0 aliphatic heterocycles. The van der Waals surface area contributed by atoms with E-state index in [2.05, 4.69) is 85.9 Å². The van der Waals surface area contributed by atoms with Crippen LogP contribution in [0, 0.1) is 0 Å². The highest BCUT2D eigenvalue weighted by Gasteiger charge is 2.17. The molecule has 0 amide bonds. The molecule has 2 aromatic carbocycles. The van der Waals surface area contributed by atoms with Gasteiger partial charge in [0, 0.05) is 0 Å². The molecule has 2 radical (unpaired) electrons. The molecule has 0 nitrogen and oxygen atoms in total. The van der Waals surface area contributed by atoms with Crippen molar-refractivity contribution >= 4 is 48.3 Å². The van der Waals surface area contributed by atoms with Gasteiger partial charge in [0.05, 0.1) is 0 Å². The maximum Gasteiger partial charge on any atom is 0.131 e. The van der Waals surface area contributed by atoms with E-state index in [1.165, 1.54) is 10.4 Å². The largest absolute Gasteiger partial charge is 0.154 e. The molecular weight excluding hydrogens is 304 g/mol. The monoisotopic (exact) mass is 322 g/mol. The maximum atomic E-state index is 2.40. The highest BCUT2D eigenvalue weighted by molar-refractivity contribution is 7.33. The standard InChI is InChI=1S/C18H18SSi2/c1-20(15-9-5-3-6-10-15)17-13-14-18(19-17)21(2)16-11-7-4-8-12-16/h3-14H,1-2H3. The molecule has 1 heterocycles. The molecular formula is C18H18SSi2. The fourth-order valence-electron chi connectivity index (χ4n) is 2.40. The fourth-order valence-corrected chi connectivity index (χ4v) is 8.43. The third-order valence-corrected chi connectivity index (χ3v) is 11.1. The van der Waals surface area contributed by atoms with Crippen molar-refractivity contribution in [1.82, 2.24) is 0 Å². The first-order valence-electron chi connectivity index (χ1n) is 7.14. The van der Waals surface area contributed by atoms with Crippen LogP contribution in [0.25, 0.3) is 0 Å². The molecule has 0 spiro atoms. The zero-order valence-corrected chi connectivity index (χ0v) is 15.2. The summed E-state index contributed by atoms with van der Waals surface area (Å²) in [6, 6.07) is 26.6. The molecule has 0 saturated heterocycles. The van der Waals surface area contributed by atoms with Gasteiger partial charge in [-0.25, -0.2) is 0 Å². The quantitative estimate of drug-likeness (QED) is 0.646. The minimum absolute atomic E-state index is 0.604. The molecule has 0 atom stereocenters. The Morgan fingerprint density at radius 2 is 0.952 bits per heavy atom. The minimum Gasteiger partial charge on any atom is -0.154 e. The Balaban J connectivity index is 1.84. The summed E-state index contributed by atoms with van der Waals surface area (Å²) in [7, 11) is -1.21. The van der Waals surface area contributed by atoms with Crippen LogP contribution < -0.4 is 19.4 Å². The van der Waals surface area contributed by atoms with Crippen molar-refractivity contribution in [3.8, 4) is 0 Å². The van der Waals surface area contributed by atoms with Gasteiger partial charge in [0.1, 0.15) is 17.6 Å². The van der Waals surface area contributed by atoms with Gasteiger partial charge in [-0.3, -0.25) is 0 Å². The lowest BCUT2D eigenvalue weighted by atomic mass is 10.4. The van der Waals surface area contributed by atoms with Gasteiger partial charge in [-0.2, -0.15) is 11.3 Å². The topological polar surface area (TPSA) is 0 Å². The van der Waals surface area contributed by atoms with Gasteiger partial charge >= 0.3 is 0 Å². The summed E-state index contributed by atoms with van der Waals surface area (Å²) in [4.78, 5) is 0. The Morgan fingerprint density at radius 1 is 0.571 bits per heavy atom. The smallest absolute Gasteiger partial charge is 0.131 e. The highest BCUT2D eigenvalue weighted by Crippen LogP contribution is 2.00. The van der Waals surface area contributed by atoms with E-state index in [1.807, 2.05) is 11.3 Å². The first-order valence-corrected chi connectivity index (χ1v) is 12.0. The Bertz CT molecular complexity index is 632. The molecule has 0 saturated carbocycles. The molecule has 0 bridgehead atoms. The molecule has 3 aromatic rings. The Hall–Kier alpha value is -1.43. The van der Waals surface area contributed by atoms with Crippen LogP contribution in [0.1, 0.15) is 0 Å². The second kappa shape index (κ2) is 6.56. The molecule has 0 aliphatic rings. The number of benzene rings is 2. The first-order chi connectivity index (χ1) is 10.3. The fraction of sp³-hybridized carbons (Fsp3) is 0.111. The minimum atomic E-state index is -0.604. The van der Waals surface area contributed by atoms with Crippen LogP contribution in [0.4, 0.5) is 0 Å². The van der Waals surface area contributed by atoms with Crippen LogP contribution >= 0.6 is 11.3 Å². The number of rotatable bonds is 4. The number of hydrogen-bond acceptors (Lipinski definition) is 1. The molecule has 1 aromatic heterocycles. The van der Waals surface area contributed by atoms with Crippen molar-refractivity contribution in [1.29, 1.82) is 0 Å². The second-order valence-corrected chi connectivity index (χ2v) is 11.7. The lowest BCUT2D eigenvalue weighted by molar-refractivity contribution is 1.75. The van der Waals surface area contributed by atoms with Gasteiger partial charge in [-0.05, 0) is 9.00 Å². The van der Waals surface area contributed by atoms with Crippen LogP contribution in [0.5, 0.6) is 0 Å². The predicted octanol–water partition coefficient (Wildman–Crippen LogP) is 2.23. The number of hydrogen-bond donors (Lipinski definition) is 0. The summed E-state index contributed by atoms with van der Waals surface area (Å²) in [5.41, 5.74) is 0. The van der Waals surface area contributed by atoms with Crippen molar-refractivity contribution in [2.45, 2.75) is 13.1 Å². The molecule has 3 heteroatoms. The van der Waals surface area contributed by atoms with Crippen LogP contribution in [-0.4, -0.2) is 17.6 Å². The summed E-state index contributed by atoms with van der Waals surface area (Å²) in [5, 5.41) is 3.00. The molecule has 0 unspecified atom stereocenters. The van der Waals surface area contributed by atoms with Crippen LogP contribution in [0.15, 0.2) is 72.8 Å². The van der Waals surface area contributed by atoms with Crippen molar-refractivity contribution in [3.63, 3.8) is 0 Å². The molecule has 0 aliphatic carbocycles. The van der Waals surface area contributed by atoms with Crippen molar-refractivity contribution in [2.24, 2.45) is 0 Å². The predicted molar refractivity (Wildman–Crippen MR) is 99.0 cm³/mol. The molecule has 0 fully saturated rings. The Kier molecular flexibility index (Phi) is 4.53. The van der Waals surface area contributed by atoms with Gasteiger partial charge in [0.25, 0.3) is 0 Å². The summed E-state index contributed by atoms with van der Waals surface area (Å²) >= 11 is 2.03. The van der Waals surface area contributed by atoms with Crippen LogP contribution in [0.3, 0.4) is 0 Å². The third-order valence-electron chi connectivity index (χ3n) is 3.76. The van der Waals surface area contributed by atoms with Gasteiger partial charge in [-0.1, -0.05) is 96.3 Å². The number of thiophene rings is 1. The highest BCUT2D eigenvalue weighted by atomic mass is 32.1. The van der Waals surface area contributed by atoms with E-state index in [9.17, 15) is 0 Å². The van der Waals surface area contributed by atoms with E-state index in [1.54, 1.807) is 9.00 Å². The zero-order valence-electron chi connectivity index (χ0n) is 12.3. The van der Waals surface area contributed by atoms with Crippen LogP contribution in [-0.2, 0) is 0 Å². The summed E-state index contributed by atoms with van der Waals surface area (Å²) in [6.45, 7) is 4.81. The summed E-state index contributed by atoms with van der Waals surface area (Å²) < 4.78 is 3.14. The van der Waals surface area contributed by atoms with Crippen molar-refractivity contribution in [3.05, 3.63) is 72.8 Å². The van der Waals surface area contributed by atoms with E-state index >= 15 is 0 Å². The molecule has 3 rings (SSSR count). The van der Waals surface area contributed by atoms with E-state index in [0.717, 1.165) is 0 Å². The van der Waals surface area contributed by atoms with Gasteiger partial charge < -0.3 is 0 Å². The zero-order chi connectivity index (χ0) is 14.7. The molecule has 0 N–H and O–H groups in total. The van der Waals surface area contributed by atoms with Gasteiger partial charge in [0.2, 0.25) is 0 Å². The maximum absolute atomic E-state index is 2.40. The Labute approximate surface area is 134 Å². The lowest BCUT2D eigenvalue weighted by Crippen LogP contribution is -2.39. The molecule has 104 valence electrons. The third kappa shape index (κ3) is 3.26. The van der Waals surface area contributed by atoms with Gasteiger partial charge in [-0.15, -0.1) is 0 Å². The first kappa shape index (κ1) is 14.5. The van der Waals surface area contributed by atoms with Crippen molar-refractivity contribution in [2.75, 3.05) is 0 Å². The average molecular weight is 323 g/mol. The Morgan fingerprint density at radius 3 is 1.33 bits per heavy atom. The SMILES string of the molecule is C[Si](c1ccccc1)c1ccc([Si](C)c2ccccc2)s1. The normalized spacial score (nSPS) is 11.2. The van der Waals surface area contributed by atoms with Gasteiger partial charge in [0.15, 0.2) is 0 Å². The van der Waals surface area contributed by atoms with E-state index in [0.29, 0.717) is 0 Å². The van der Waals surface area contributed by atoms with E-state index < -0.39 is 17.6 Å². The van der Waals surface area contributed by atoms with E-state index in [-0.39, 0.29) is 0 Å². The molecule has 21 heavy (non-hydrogen) atoms. The van der Waals surface area contributed by atoms with E-state index in [4.69, 9.17) is 0 Å². The van der Waals surface area contributed by atoms with Crippen LogP contribution in [0.2, 0.25) is 13.1 Å².